The van der Waals surface area contributed by atoms with Gasteiger partial charge in [-0.05, 0) is 25.5 Å². The zero-order valence-electron chi connectivity index (χ0n) is 8.32. The van der Waals surface area contributed by atoms with Gasteiger partial charge in [0.25, 0.3) is 5.69 Å². The van der Waals surface area contributed by atoms with Crippen LogP contribution >= 0.6 is 0 Å². The van der Waals surface area contributed by atoms with E-state index in [-0.39, 0.29) is 10.6 Å². The number of rotatable bonds is 4. The van der Waals surface area contributed by atoms with Gasteiger partial charge in [0.15, 0.2) is 0 Å². The SMILES string of the molecule is CCOc1ccc(CC)c([N+](=O)[O-])c1. The van der Waals surface area contributed by atoms with Crippen LogP contribution in [0.5, 0.6) is 5.75 Å². The van der Waals surface area contributed by atoms with Crippen molar-refractivity contribution in [3.8, 4) is 5.75 Å². The molecule has 0 unspecified atom stereocenters. The first-order valence-electron chi connectivity index (χ1n) is 4.59. The summed E-state index contributed by atoms with van der Waals surface area (Å²) in [5.41, 5.74) is 0.872. The highest BCUT2D eigenvalue weighted by molar-refractivity contribution is 5.45. The zero-order chi connectivity index (χ0) is 10.6. The summed E-state index contributed by atoms with van der Waals surface area (Å²) in [5.74, 6) is 0.552. The fourth-order valence-corrected chi connectivity index (χ4v) is 1.27. The quantitative estimate of drug-likeness (QED) is 0.548. The lowest BCUT2D eigenvalue weighted by Crippen LogP contribution is -1.97. The third-order valence-corrected chi connectivity index (χ3v) is 1.95. The Morgan fingerprint density at radius 3 is 2.64 bits per heavy atom. The molecular formula is C10H13NO3. The molecule has 0 aromatic heterocycles. The molecule has 14 heavy (non-hydrogen) atoms. The standard InChI is InChI=1S/C10H13NO3/c1-3-8-5-6-9(14-4-2)7-10(8)11(12)13/h5-7H,3-4H2,1-2H3. The topological polar surface area (TPSA) is 52.4 Å². The summed E-state index contributed by atoms with van der Waals surface area (Å²) in [4.78, 5) is 10.3. The molecule has 0 saturated carbocycles. The van der Waals surface area contributed by atoms with E-state index in [1.165, 1.54) is 6.07 Å². The van der Waals surface area contributed by atoms with Gasteiger partial charge in [-0.2, -0.15) is 0 Å². The van der Waals surface area contributed by atoms with Crippen molar-refractivity contribution in [3.63, 3.8) is 0 Å². The smallest absolute Gasteiger partial charge is 0.276 e. The third-order valence-electron chi connectivity index (χ3n) is 1.95. The minimum atomic E-state index is -0.374. The second-order valence-corrected chi connectivity index (χ2v) is 2.83. The molecule has 76 valence electrons. The number of nitrogens with zero attached hydrogens (tertiary/aromatic N) is 1. The molecule has 0 N–H and O–H groups in total. The van der Waals surface area contributed by atoms with Gasteiger partial charge in [-0.15, -0.1) is 0 Å². The lowest BCUT2D eigenvalue weighted by molar-refractivity contribution is -0.385. The summed E-state index contributed by atoms with van der Waals surface area (Å²) < 4.78 is 5.19. The van der Waals surface area contributed by atoms with Crippen LogP contribution in [0.3, 0.4) is 0 Å². The first kappa shape index (κ1) is 10.5. The molecule has 0 amide bonds. The van der Waals surface area contributed by atoms with E-state index in [1.807, 2.05) is 13.8 Å². The Morgan fingerprint density at radius 2 is 2.14 bits per heavy atom. The molecule has 1 aromatic carbocycles. The van der Waals surface area contributed by atoms with Crippen molar-refractivity contribution in [2.45, 2.75) is 20.3 Å². The van der Waals surface area contributed by atoms with Crippen LogP contribution in [0.1, 0.15) is 19.4 Å². The number of nitro groups is 1. The summed E-state index contributed by atoms with van der Waals surface area (Å²) in [6.45, 7) is 4.25. The predicted molar refractivity (Wildman–Crippen MR) is 53.6 cm³/mol. The summed E-state index contributed by atoms with van der Waals surface area (Å²) in [7, 11) is 0. The Bertz CT molecular complexity index is 336. The maximum Gasteiger partial charge on any atom is 0.276 e. The van der Waals surface area contributed by atoms with E-state index in [2.05, 4.69) is 0 Å². The number of hydrogen-bond donors (Lipinski definition) is 0. The van der Waals surface area contributed by atoms with Crippen LogP contribution in [0.15, 0.2) is 18.2 Å². The highest BCUT2D eigenvalue weighted by Gasteiger charge is 2.13. The first-order valence-corrected chi connectivity index (χ1v) is 4.59. The van der Waals surface area contributed by atoms with Crippen LogP contribution < -0.4 is 4.74 Å². The van der Waals surface area contributed by atoms with Crippen LogP contribution in [-0.4, -0.2) is 11.5 Å². The average molecular weight is 195 g/mol. The molecule has 0 saturated heterocycles. The summed E-state index contributed by atoms with van der Waals surface area (Å²) >= 11 is 0. The van der Waals surface area contributed by atoms with E-state index in [4.69, 9.17) is 4.74 Å². The molecule has 0 spiro atoms. The fraction of sp³-hybridized carbons (Fsp3) is 0.400. The van der Waals surface area contributed by atoms with Crippen molar-refractivity contribution in [2.75, 3.05) is 6.61 Å². The van der Waals surface area contributed by atoms with Gasteiger partial charge in [0.2, 0.25) is 0 Å². The predicted octanol–water partition coefficient (Wildman–Crippen LogP) is 2.56. The fourth-order valence-electron chi connectivity index (χ4n) is 1.27. The molecule has 0 fully saturated rings. The molecule has 0 heterocycles. The third kappa shape index (κ3) is 2.22. The van der Waals surface area contributed by atoms with Crippen LogP contribution in [0.4, 0.5) is 5.69 Å². The number of nitro benzene ring substituents is 1. The van der Waals surface area contributed by atoms with Gasteiger partial charge in [0.05, 0.1) is 17.6 Å². The van der Waals surface area contributed by atoms with E-state index in [1.54, 1.807) is 12.1 Å². The number of benzene rings is 1. The molecule has 0 atom stereocenters. The first-order chi connectivity index (χ1) is 6.69. The van der Waals surface area contributed by atoms with Crippen molar-refractivity contribution in [1.82, 2.24) is 0 Å². The molecular weight excluding hydrogens is 182 g/mol. The highest BCUT2D eigenvalue weighted by atomic mass is 16.6. The van der Waals surface area contributed by atoms with Crippen molar-refractivity contribution in [2.24, 2.45) is 0 Å². The maximum atomic E-state index is 10.7. The lowest BCUT2D eigenvalue weighted by atomic mass is 10.1. The van der Waals surface area contributed by atoms with E-state index in [9.17, 15) is 10.1 Å². The van der Waals surface area contributed by atoms with E-state index in [0.29, 0.717) is 18.8 Å². The Kier molecular flexibility index (Phi) is 3.45. The lowest BCUT2D eigenvalue weighted by Gasteiger charge is -2.04. The minimum Gasteiger partial charge on any atom is -0.494 e. The summed E-state index contributed by atoms with van der Waals surface area (Å²) in [6, 6.07) is 4.97. The van der Waals surface area contributed by atoms with E-state index in [0.717, 1.165) is 5.56 Å². The molecule has 4 heteroatoms. The van der Waals surface area contributed by atoms with Crippen molar-refractivity contribution in [3.05, 3.63) is 33.9 Å². The van der Waals surface area contributed by atoms with Crippen LogP contribution in [0.2, 0.25) is 0 Å². The van der Waals surface area contributed by atoms with Gasteiger partial charge >= 0.3 is 0 Å². The van der Waals surface area contributed by atoms with Crippen molar-refractivity contribution < 1.29 is 9.66 Å². The van der Waals surface area contributed by atoms with E-state index >= 15 is 0 Å². The normalized spacial score (nSPS) is 9.86. The molecule has 0 bridgehead atoms. The van der Waals surface area contributed by atoms with Gasteiger partial charge in [-0.25, -0.2) is 0 Å². The van der Waals surface area contributed by atoms with Gasteiger partial charge in [-0.3, -0.25) is 10.1 Å². The zero-order valence-corrected chi connectivity index (χ0v) is 8.32. The van der Waals surface area contributed by atoms with Crippen LogP contribution in [-0.2, 0) is 6.42 Å². The van der Waals surface area contributed by atoms with E-state index < -0.39 is 0 Å². The molecule has 4 nitrogen and oxygen atoms in total. The van der Waals surface area contributed by atoms with Crippen LogP contribution in [0.25, 0.3) is 0 Å². The molecule has 0 aliphatic rings. The second-order valence-electron chi connectivity index (χ2n) is 2.83. The van der Waals surface area contributed by atoms with Crippen molar-refractivity contribution >= 4 is 5.69 Å². The second kappa shape index (κ2) is 4.60. The molecule has 1 rings (SSSR count). The van der Waals surface area contributed by atoms with Gasteiger partial charge in [-0.1, -0.05) is 6.92 Å². The summed E-state index contributed by atoms with van der Waals surface area (Å²) in [6.07, 6.45) is 0.655. The Balaban J connectivity index is 3.07. The van der Waals surface area contributed by atoms with Crippen molar-refractivity contribution in [1.29, 1.82) is 0 Å². The number of ether oxygens (including phenoxy) is 1. The van der Waals surface area contributed by atoms with Gasteiger partial charge < -0.3 is 4.74 Å². The minimum absolute atomic E-state index is 0.137. The monoisotopic (exact) mass is 195 g/mol. The average Bonchev–Trinajstić information content (AvgIpc) is 2.18. The maximum absolute atomic E-state index is 10.7. The highest BCUT2D eigenvalue weighted by Crippen LogP contribution is 2.24. The number of hydrogen-bond acceptors (Lipinski definition) is 3. The Hall–Kier alpha value is -1.58. The number of aryl methyl sites for hydroxylation is 1. The molecule has 0 radical (unpaired) electrons. The largest absolute Gasteiger partial charge is 0.494 e. The Labute approximate surface area is 82.7 Å². The molecule has 1 aromatic rings. The molecule has 0 aliphatic heterocycles. The Morgan fingerprint density at radius 1 is 1.43 bits per heavy atom. The molecule has 0 aliphatic carbocycles. The van der Waals surface area contributed by atoms with Gasteiger partial charge in [0, 0.05) is 5.56 Å². The van der Waals surface area contributed by atoms with Crippen LogP contribution in [0, 0.1) is 10.1 Å². The summed E-state index contributed by atoms with van der Waals surface area (Å²) in [5, 5.41) is 10.7. The van der Waals surface area contributed by atoms with Gasteiger partial charge in [0.1, 0.15) is 5.75 Å².